The molecule has 1 heterocycles. The maximum Gasteiger partial charge on any atom is 0.339 e. The van der Waals surface area contributed by atoms with Crippen molar-refractivity contribution < 1.29 is 19.1 Å². The Morgan fingerprint density at radius 1 is 1.09 bits per heavy atom. The van der Waals surface area contributed by atoms with Crippen LogP contribution in [-0.2, 0) is 9.53 Å². The van der Waals surface area contributed by atoms with E-state index in [4.69, 9.17) is 4.74 Å². The number of amides is 1. The van der Waals surface area contributed by atoms with Crippen LogP contribution in [0, 0.1) is 0 Å². The van der Waals surface area contributed by atoms with Crippen LogP contribution in [0.5, 0.6) is 0 Å². The van der Waals surface area contributed by atoms with Crippen molar-refractivity contribution in [2.24, 2.45) is 0 Å². The fourth-order valence-corrected chi connectivity index (χ4v) is 2.32. The third kappa shape index (κ3) is 4.02. The zero-order valence-electron chi connectivity index (χ0n) is 12.2. The second-order valence-electron chi connectivity index (χ2n) is 4.68. The molecule has 2 rings (SSSR count). The van der Waals surface area contributed by atoms with Crippen LogP contribution in [0.15, 0.2) is 41.1 Å². The number of carbonyl (C=O) groups excluding carboxylic acids is 3. The van der Waals surface area contributed by atoms with Crippen molar-refractivity contribution in [1.82, 2.24) is 0 Å². The summed E-state index contributed by atoms with van der Waals surface area (Å²) in [5.41, 5.74) is 1.53. The minimum atomic E-state index is -0.917. The van der Waals surface area contributed by atoms with Crippen LogP contribution in [0.25, 0.3) is 0 Å². The summed E-state index contributed by atoms with van der Waals surface area (Å²) in [5.74, 6) is -1.01. The lowest BCUT2D eigenvalue weighted by Gasteiger charge is -2.13. The summed E-state index contributed by atoms with van der Waals surface area (Å²) in [6, 6.07) is 8.14. The molecule has 0 spiro atoms. The summed E-state index contributed by atoms with van der Waals surface area (Å²) in [6.07, 6.45) is -0.917. The molecular weight excluding hydrogens is 302 g/mol. The molecule has 0 aliphatic rings. The fraction of sp³-hybridized carbons (Fsp3) is 0.188. The lowest BCUT2D eigenvalue weighted by Crippen LogP contribution is -2.29. The van der Waals surface area contributed by atoms with Gasteiger partial charge in [-0.2, -0.15) is 11.3 Å². The number of thiophene rings is 1. The van der Waals surface area contributed by atoms with E-state index in [1.807, 2.05) is 0 Å². The Morgan fingerprint density at radius 2 is 1.77 bits per heavy atom. The molecule has 1 amide bonds. The van der Waals surface area contributed by atoms with Crippen LogP contribution in [0.1, 0.15) is 34.6 Å². The van der Waals surface area contributed by atoms with Crippen LogP contribution in [0.4, 0.5) is 5.69 Å². The summed E-state index contributed by atoms with van der Waals surface area (Å²) >= 11 is 1.38. The standard InChI is InChI=1S/C16H15NO4S/c1-10(18)12-3-5-14(6-4-12)17-15(19)11(2)21-16(20)13-7-8-22-9-13/h3-9,11H,1-2H3,(H,17,19). The van der Waals surface area contributed by atoms with Crippen molar-refractivity contribution in [3.8, 4) is 0 Å². The van der Waals surface area contributed by atoms with Gasteiger partial charge in [-0.1, -0.05) is 0 Å². The highest BCUT2D eigenvalue weighted by Gasteiger charge is 2.19. The number of benzene rings is 1. The number of ether oxygens (including phenoxy) is 1. The topological polar surface area (TPSA) is 72.5 Å². The fourth-order valence-electron chi connectivity index (χ4n) is 1.69. The SMILES string of the molecule is CC(=O)c1ccc(NC(=O)C(C)OC(=O)c2ccsc2)cc1. The van der Waals surface area contributed by atoms with E-state index < -0.39 is 18.0 Å². The van der Waals surface area contributed by atoms with E-state index in [0.717, 1.165) is 0 Å². The van der Waals surface area contributed by atoms with Crippen molar-refractivity contribution >= 4 is 34.7 Å². The number of hydrogen-bond donors (Lipinski definition) is 1. The highest BCUT2D eigenvalue weighted by molar-refractivity contribution is 7.08. The van der Waals surface area contributed by atoms with Gasteiger partial charge in [-0.15, -0.1) is 0 Å². The van der Waals surface area contributed by atoms with Gasteiger partial charge in [-0.05, 0) is 49.6 Å². The van der Waals surface area contributed by atoms with Gasteiger partial charge >= 0.3 is 5.97 Å². The molecule has 0 bridgehead atoms. The predicted octanol–water partition coefficient (Wildman–Crippen LogP) is 3.13. The minimum Gasteiger partial charge on any atom is -0.449 e. The smallest absolute Gasteiger partial charge is 0.339 e. The third-order valence-corrected chi connectivity index (χ3v) is 3.65. The summed E-state index contributed by atoms with van der Waals surface area (Å²) in [7, 11) is 0. The molecule has 22 heavy (non-hydrogen) atoms. The van der Waals surface area contributed by atoms with E-state index in [2.05, 4.69) is 5.32 Å². The summed E-state index contributed by atoms with van der Waals surface area (Å²) in [5, 5.41) is 6.06. The number of anilines is 1. The molecule has 0 radical (unpaired) electrons. The van der Waals surface area contributed by atoms with Crippen LogP contribution < -0.4 is 5.32 Å². The van der Waals surface area contributed by atoms with E-state index in [9.17, 15) is 14.4 Å². The molecule has 0 aliphatic carbocycles. The van der Waals surface area contributed by atoms with Crippen molar-refractivity contribution in [3.63, 3.8) is 0 Å². The Bertz CT molecular complexity index is 677. The Hall–Kier alpha value is -2.47. The first-order chi connectivity index (χ1) is 10.5. The molecule has 0 aliphatic heterocycles. The molecule has 2 aromatic rings. The highest BCUT2D eigenvalue weighted by Crippen LogP contribution is 2.12. The molecule has 0 saturated heterocycles. The molecule has 5 nitrogen and oxygen atoms in total. The number of esters is 1. The summed E-state index contributed by atoms with van der Waals surface area (Å²) < 4.78 is 5.09. The largest absolute Gasteiger partial charge is 0.449 e. The maximum absolute atomic E-state index is 12.0. The number of Topliss-reactive ketones (excluding diaryl/α,β-unsaturated/α-hetero) is 1. The van der Waals surface area contributed by atoms with Gasteiger partial charge in [0, 0.05) is 16.6 Å². The molecule has 1 N–H and O–H groups in total. The number of rotatable bonds is 5. The van der Waals surface area contributed by atoms with Crippen LogP contribution >= 0.6 is 11.3 Å². The van der Waals surface area contributed by atoms with Gasteiger partial charge in [0.25, 0.3) is 5.91 Å². The average molecular weight is 317 g/mol. The van der Waals surface area contributed by atoms with E-state index >= 15 is 0 Å². The van der Waals surface area contributed by atoms with Gasteiger partial charge in [0.1, 0.15) is 0 Å². The van der Waals surface area contributed by atoms with Crippen molar-refractivity contribution in [1.29, 1.82) is 0 Å². The van der Waals surface area contributed by atoms with Gasteiger partial charge in [0.15, 0.2) is 11.9 Å². The van der Waals surface area contributed by atoms with E-state index in [-0.39, 0.29) is 5.78 Å². The zero-order valence-corrected chi connectivity index (χ0v) is 13.0. The number of nitrogens with one attached hydrogen (secondary N) is 1. The molecule has 6 heteroatoms. The monoisotopic (exact) mass is 317 g/mol. The van der Waals surface area contributed by atoms with Crippen molar-refractivity contribution in [2.75, 3.05) is 5.32 Å². The minimum absolute atomic E-state index is 0.0454. The lowest BCUT2D eigenvalue weighted by atomic mass is 10.1. The molecule has 1 unspecified atom stereocenters. The Labute approximate surface area is 131 Å². The van der Waals surface area contributed by atoms with Crippen LogP contribution in [0.2, 0.25) is 0 Å². The Balaban J connectivity index is 1.93. The van der Waals surface area contributed by atoms with E-state index in [1.54, 1.807) is 41.1 Å². The molecule has 114 valence electrons. The normalized spacial score (nSPS) is 11.5. The van der Waals surface area contributed by atoms with Crippen LogP contribution in [0.3, 0.4) is 0 Å². The van der Waals surface area contributed by atoms with Gasteiger partial charge < -0.3 is 10.1 Å². The first-order valence-electron chi connectivity index (χ1n) is 6.62. The van der Waals surface area contributed by atoms with E-state index in [0.29, 0.717) is 16.8 Å². The van der Waals surface area contributed by atoms with Gasteiger partial charge in [-0.3, -0.25) is 9.59 Å². The summed E-state index contributed by atoms with van der Waals surface area (Å²) in [6.45, 7) is 2.98. The molecule has 1 atom stereocenters. The second kappa shape index (κ2) is 7.00. The molecular formula is C16H15NO4S. The summed E-state index contributed by atoms with van der Waals surface area (Å²) in [4.78, 5) is 34.9. The first kappa shape index (κ1) is 15.9. The van der Waals surface area contributed by atoms with Gasteiger partial charge in [-0.25, -0.2) is 4.79 Å². The number of carbonyl (C=O) groups is 3. The second-order valence-corrected chi connectivity index (χ2v) is 5.46. The maximum atomic E-state index is 12.0. The molecule has 1 aromatic carbocycles. The van der Waals surface area contributed by atoms with Crippen molar-refractivity contribution in [2.45, 2.75) is 20.0 Å². The predicted molar refractivity (Wildman–Crippen MR) is 84.3 cm³/mol. The Morgan fingerprint density at radius 3 is 2.32 bits per heavy atom. The van der Waals surface area contributed by atoms with Gasteiger partial charge in [0.05, 0.1) is 5.56 Å². The molecule has 0 saturated carbocycles. The van der Waals surface area contributed by atoms with E-state index in [1.165, 1.54) is 25.2 Å². The lowest BCUT2D eigenvalue weighted by molar-refractivity contribution is -0.123. The quantitative estimate of drug-likeness (QED) is 0.679. The average Bonchev–Trinajstić information content (AvgIpc) is 3.02. The highest BCUT2D eigenvalue weighted by atomic mass is 32.1. The number of hydrogen-bond acceptors (Lipinski definition) is 5. The number of ketones is 1. The van der Waals surface area contributed by atoms with Gasteiger partial charge in [0.2, 0.25) is 0 Å². The van der Waals surface area contributed by atoms with Crippen molar-refractivity contribution in [3.05, 3.63) is 52.2 Å². The molecule has 1 aromatic heterocycles. The molecule has 0 fully saturated rings. The first-order valence-corrected chi connectivity index (χ1v) is 7.56. The third-order valence-electron chi connectivity index (χ3n) is 2.97. The van der Waals surface area contributed by atoms with Crippen LogP contribution in [-0.4, -0.2) is 23.8 Å². The zero-order chi connectivity index (χ0) is 16.1. The Kier molecular flexibility index (Phi) is 5.06.